The Morgan fingerprint density at radius 3 is 2.72 bits per heavy atom. The number of rotatable bonds is 7. The molecule has 100 valence electrons. The molecule has 0 saturated heterocycles. The van der Waals surface area contributed by atoms with Crippen LogP contribution in [0.5, 0.6) is 0 Å². The third kappa shape index (κ3) is 3.54. The van der Waals surface area contributed by atoms with E-state index < -0.39 is 17.6 Å². The molecule has 1 aromatic heterocycles. The summed E-state index contributed by atoms with van der Waals surface area (Å²) < 4.78 is 9.32. The van der Waals surface area contributed by atoms with Gasteiger partial charge in [0.25, 0.3) is 5.91 Å². The van der Waals surface area contributed by atoms with Gasteiger partial charge in [0.2, 0.25) is 5.76 Å². The number of nitrogens with zero attached hydrogens (tertiary/aromatic N) is 2. The summed E-state index contributed by atoms with van der Waals surface area (Å²) in [5, 5.41) is 20.9. The Labute approximate surface area is 103 Å². The van der Waals surface area contributed by atoms with Gasteiger partial charge < -0.3 is 24.4 Å². The Bertz CT molecular complexity index is 416. The first kappa shape index (κ1) is 14.1. The van der Waals surface area contributed by atoms with Crippen molar-refractivity contribution in [2.24, 2.45) is 0 Å². The van der Waals surface area contributed by atoms with Crippen LogP contribution in [0.2, 0.25) is 0 Å². The number of carboxylic acids is 1. The third-order valence-electron chi connectivity index (χ3n) is 2.16. The molecular weight excluding hydrogens is 244 g/mol. The highest BCUT2D eigenvalue weighted by atomic mass is 16.5. The van der Waals surface area contributed by atoms with Crippen LogP contribution in [0, 0.1) is 0 Å². The number of amides is 1. The third-order valence-corrected chi connectivity index (χ3v) is 2.16. The number of carbonyl (C=O) groups is 2. The first-order valence-corrected chi connectivity index (χ1v) is 5.19. The molecule has 0 aromatic carbocycles. The molecule has 1 aromatic rings. The predicted octanol–water partition coefficient (Wildman–Crippen LogP) is -0.546. The number of aliphatic hydroxyl groups excluding tert-OH is 1. The van der Waals surface area contributed by atoms with Crippen LogP contribution in [0.1, 0.15) is 21.0 Å². The monoisotopic (exact) mass is 258 g/mol. The summed E-state index contributed by atoms with van der Waals surface area (Å²) in [5.74, 6) is -2.22. The smallest absolute Gasteiger partial charge is 0.374 e. The second-order valence-corrected chi connectivity index (χ2v) is 3.39. The van der Waals surface area contributed by atoms with Gasteiger partial charge >= 0.3 is 5.97 Å². The molecule has 0 aliphatic carbocycles. The Morgan fingerprint density at radius 1 is 1.50 bits per heavy atom. The van der Waals surface area contributed by atoms with Crippen molar-refractivity contribution in [2.75, 3.05) is 33.4 Å². The van der Waals surface area contributed by atoms with Gasteiger partial charge in [-0.2, -0.15) is 0 Å². The maximum atomic E-state index is 11.9. The van der Waals surface area contributed by atoms with E-state index >= 15 is 0 Å². The van der Waals surface area contributed by atoms with E-state index in [-0.39, 0.29) is 25.4 Å². The number of carboxylic acid groups (broad SMARTS) is 1. The van der Waals surface area contributed by atoms with Crippen LogP contribution in [0.4, 0.5) is 0 Å². The van der Waals surface area contributed by atoms with Crippen molar-refractivity contribution >= 4 is 11.9 Å². The molecule has 0 radical (unpaired) electrons. The molecule has 0 atom stereocenters. The van der Waals surface area contributed by atoms with Crippen molar-refractivity contribution in [3.05, 3.63) is 17.5 Å². The minimum Gasteiger partial charge on any atom is -0.475 e. The summed E-state index contributed by atoms with van der Waals surface area (Å²) in [6, 6.07) is 1.04. The number of hydrogen-bond acceptors (Lipinski definition) is 6. The number of carbonyl (C=O) groups excluding carboxylic acids is 1. The van der Waals surface area contributed by atoms with Crippen LogP contribution in [0.15, 0.2) is 10.6 Å². The average molecular weight is 258 g/mol. The van der Waals surface area contributed by atoms with Gasteiger partial charge in [-0.25, -0.2) is 4.79 Å². The van der Waals surface area contributed by atoms with Gasteiger partial charge in [0, 0.05) is 26.3 Å². The fourth-order valence-electron chi connectivity index (χ4n) is 1.28. The van der Waals surface area contributed by atoms with E-state index in [1.54, 1.807) is 0 Å². The van der Waals surface area contributed by atoms with E-state index in [0.29, 0.717) is 6.61 Å². The van der Waals surface area contributed by atoms with Gasteiger partial charge in [0.05, 0.1) is 13.2 Å². The molecule has 0 unspecified atom stereocenters. The summed E-state index contributed by atoms with van der Waals surface area (Å²) in [5.41, 5.74) is -0.114. The van der Waals surface area contributed by atoms with Gasteiger partial charge in [-0.15, -0.1) is 0 Å². The number of aromatic nitrogens is 1. The lowest BCUT2D eigenvalue weighted by atomic mass is 10.3. The van der Waals surface area contributed by atoms with Crippen LogP contribution in [0.3, 0.4) is 0 Å². The van der Waals surface area contributed by atoms with E-state index in [1.165, 1.54) is 12.0 Å². The van der Waals surface area contributed by atoms with Crippen molar-refractivity contribution in [3.63, 3.8) is 0 Å². The van der Waals surface area contributed by atoms with Crippen LogP contribution in [-0.2, 0) is 4.74 Å². The summed E-state index contributed by atoms with van der Waals surface area (Å²) in [6.07, 6.45) is 0. The second-order valence-electron chi connectivity index (χ2n) is 3.39. The van der Waals surface area contributed by atoms with Crippen LogP contribution < -0.4 is 0 Å². The van der Waals surface area contributed by atoms with Gasteiger partial charge in [-0.1, -0.05) is 5.16 Å². The maximum absolute atomic E-state index is 11.9. The summed E-state index contributed by atoms with van der Waals surface area (Å²) in [6.45, 7) is 0.469. The molecule has 8 heteroatoms. The highest BCUT2D eigenvalue weighted by Crippen LogP contribution is 2.07. The molecule has 0 bridgehead atoms. The first-order valence-electron chi connectivity index (χ1n) is 5.19. The lowest BCUT2D eigenvalue weighted by molar-refractivity contribution is 0.0632. The largest absolute Gasteiger partial charge is 0.475 e. The van der Waals surface area contributed by atoms with E-state index in [9.17, 15) is 9.59 Å². The normalized spacial score (nSPS) is 10.3. The van der Waals surface area contributed by atoms with Crippen LogP contribution in [0.25, 0.3) is 0 Å². The molecular formula is C10H14N2O6. The van der Waals surface area contributed by atoms with Gasteiger partial charge in [-0.3, -0.25) is 4.79 Å². The number of aromatic carboxylic acids is 1. The van der Waals surface area contributed by atoms with E-state index in [0.717, 1.165) is 6.07 Å². The molecule has 18 heavy (non-hydrogen) atoms. The number of aliphatic hydroxyl groups is 1. The average Bonchev–Trinajstić information content (AvgIpc) is 2.83. The molecule has 0 aliphatic rings. The van der Waals surface area contributed by atoms with Crippen molar-refractivity contribution in [1.29, 1.82) is 0 Å². The first-order chi connectivity index (χ1) is 8.60. The van der Waals surface area contributed by atoms with E-state index in [1.807, 2.05) is 0 Å². The fourth-order valence-corrected chi connectivity index (χ4v) is 1.28. The van der Waals surface area contributed by atoms with Crippen molar-refractivity contribution in [3.8, 4) is 0 Å². The SMILES string of the molecule is COCCN(CCO)C(=O)c1cc(C(=O)O)on1. The molecule has 1 rings (SSSR count). The van der Waals surface area contributed by atoms with E-state index in [4.69, 9.17) is 14.9 Å². The zero-order valence-corrected chi connectivity index (χ0v) is 9.83. The molecule has 0 fully saturated rings. The van der Waals surface area contributed by atoms with Crippen LogP contribution in [-0.4, -0.2) is 65.6 Å². The molecule has 0 aliphatic heterocycles. The summed E-state index contributed by atoms with van der Waals surface area (Å²) in [4.78, 5) is 23.8. The van der Waals surface area contributed by atoms with Crippen molar-refractivity contribution < 1.29 is 29.1 Å². The molecule has 2 N–H and O–H groups in total. The lowest BCUT2D eigenvalue weighted by Gasteiger charge is -2.19. The standard InChI is InChI=1S/C10H14N2O6/c1-17-5-3-12(2-4-13)9(14)7-6-8(10(15)16)18-11-7/h6,13H,2-5H2,1H3,(H,15,16). The van der Waals surface area contributed by atoms with Gasteiger partial charge in [0.15, 0.2) is 5.69 Å². The van der Waals surface area contributed by atoms with Crippen molar-refractivity contribution in [2.45, 2.75) is 0 Å². The number of hydrogen-bond donors (Lipinski definition) is 2. The zero-order chi connectivity index (χ0) is 13.5. The second kappa shape index (κ2) is 6.72. The quantitative estimate of drug-likeness (QED) is 0.674. The molecule has 1 amide bonds. The highest BCUT2D eigenvalue weighted by Gasteiger charge is 2.21. The predicted molar refractivity (Wildman–Crippen MR) is 58.3 cm³/mol. The summed E-state index contributed by atoms with van der Waals surface area (Å²) in [7, 11) is 1.49. The molecule has 0 spiro atoms. The fraction of sp³-hybridized carbons (Fsp3) is 0.500. The zero-order valence-electron chi connectivity index (χ0n) is 9.83. The Balaban J connectivity index is 2.77. The van der Waals surface area contributed by atoms with Crippen molar-refractivity contribution in [1.82, 2.24) is 10.1 Å². The van der Waals surface area contributed by atoms with Gasteiger partial charge in [0.1, 0.15) is 0 Å². The number of methoxy groups -OCH3 is 1. The Hall–Kier alpha value is -1.93. The van der Waals surface area contributed by atoms with E-state index in [2.05, 4.69) is 9.68 Å². The maximum Gasteiger partial charge on any atom is 0.374 e. The lowest BCUT2D eigenvalue weighted by Crippen LogP contribution is -2.36. The highest BCUT2D eigenvalue weighted by molar-refractivity contribution is 5.94. The molecule has 8 nitrogen and oxygen atoms in total. The van der Waals surface area contributed by atoms with Gasteiger partial charge in [-0.05, 0) is 0 Å². The molecule has 0 saturated carbocycles. The topological polar surface area (TPSA) is 113 Å². The minimum atomic E-state index is -1.30. The summed E-state index contributed by atoms with van der Waals surface area (Å²) >= 11 is 0. The van der Waals surface area contributed by atoms with Crippen LogP contribution >= 0.6 is 0 Å². The molecule has 1 heterocycles. The Kier molecular flexibility index (Phi) is 5.28. The number of ether oxygens (including phenoxy) is 1. The minimum absolute atomic E-state index is 0.109. The Morgan fingerprint density at radius 2 is 2.22 bits per heavy atom.